The molecule has 0 aromatic heterocycles. The van der Waals surface area contributed by atoms with Gasteiger partial charge >= 0.3 is 5.97 Å². The second-order valence-electron chi connectivity index (χ2n) is 23.1. The van der Waals surface area contributed by atoms with Crippen LogP contribution in [0.3, 0.4) is 0 Å². The van der Waals surface area contributed by atoms with Crippen LogP contribution in [0.2, 0.25) is 0 Å². The molecular formula is C70H131NO5. The highest BCUT2D eigenvalue weighted by atomic mass is 16.5. The van der Waals surface area contributed by atoms with Crippen LogP contribution in [0.25, 0.3) is 0 Å². The van der Waals surface area contributed by atoms with Crippen molar-refractivity contribution in [2.45, 2.75) is 373 Å². The highest BCUT2D eigenvalue weighted by molar-refractivity contribution is 5.76. The van der Waals surface area contributed by atoms with Crippen LogP contribution < -0.4 is 5.32 Å². The number of amides is 1. The van der Waals surface area contributed by atoms with E-state index in [9.17, 15) is 19.8 Å². The number of carbonyl (C=O) groups excluding carboxylic acids is 2. The van der Waals surface area contributed by atoms with Crippen molar-refractivity contribution in [1.29, 1.82) is 0 Å². The first-order chi connectivity index (χ1) is 37.5. The molecule has 0 fully saturated rings. The van der Waals surface area contributed by atoms with Crippen molar-refractivity contribution >= 4 is 11.9 Å². The fourth-order valence-electron chi connectivity index (χ4n) is 10.4. The van der Waals surface area contributed by atoms with Gasteiger partial charge < -0.3 is 20.3 Å². The Morgan fingerprint density at radius 2 is 0.671 bits per heavy atom. The van der Waals surface area contributed by atoms with Gasteiger partial charge in [-0.1, -0.05) is 313 Å². The third kappa shape index (κ3) is 61.0. The molecule has 0 spiro atoms. The molecule has 76 heavy (non-hydrogen) atoms. The zero-order valence-electron chi connectivity index (χ0n) is 51.0. The van der Waals surface area contributed by atoms with E-state index in [1.807, 2.05) is 6.08 Å². The lowest BCUT2D eigenvalue weighted by molar-refractivity contribution is -0.143. The van der Waals surface area contributed by atoms with Gasteiger partial charge in [0.05, 0.1) is 25.4 Å². The average molecular weight is 1070 g/mol. The molecule has 0 saturated carbocycles. The lowest BCUT2D eigenvalue weighted by Crippen LogP contribution is -2.45. The van der Waals surface area contributed by atoms with Gasteiger partial charge in [0.2, 0.25) is 5.91 Å². The summed E-state index contributed by atoms with van der Waals surface area (Å²) in [4.78, 5) is 24.5. The number of unbranched alkanes of at least 4 members (excludes halogenated alkanes) is 46. The Bertz CT molecular complexity index is 1270. The number of aliphatic hydroxyl groups is 2. The van der Waals surface area contributed by atoms with E-state index in [1.54, 1.807) is 6.08 Å². The lowest BCUT2D eigenvalue weighted by Gasteiger charge is -2.20. The molecular weight excluding hydrogens is 935 g/mol. The third-order valence-corrected chi connectivity index (χ3v) is 15.6. The van der Waals surface area contributed by atoms with E-state index in [-0.39, 0.29) is 18.5 Å². The average Bonchev–Trinajstić information content (AvgIpc) is 3.42. The number of hydrogen-bond acceptors (Lipinski definition) is 5. The van der Waals surface area contributed by atoms with Crippen molar-refractivity contribution < 1.29 is 24.5 Å². The van der Waals surface area contributed by atoms with Crippen LogP contribution in [0.5, 0.6) is 0 Å². The van der Waals surface area contributed by atoms with Crippen molar-refractivity contribution in [1.82, 2.24) is 5.32 Å². The zero-order chi connectivity index (χ0) is 55.0. The summed E-state index contributed by atoms with van der Waals surface area (Å²) in [5.41, 5.74) is 0. The summed E-state index contributed by atoms with van der Waals surface area (Å²) >= 11 is 0. The van der Waals surface area contributed by atoms with Gasteiger partial charge in [0, 0.05) is 12.8 Å². The molecule has 0 aromatic rings. The Morgan fingerprint density at radius 1 is 0.368 bits per heavy atom. The van der Waals surface area contributed by atoms with Gasteiger partial charge in [0.25, 0.3) is 0 Å². The van der Waals surface area contributed by atoms with E-state index in [4.69, 9.17) is 4.74 Å². The summed E-state index contributed by atoms with van der Waals surface area (Å²) in [7, 11) is 0. The Hall–Kier alpha value is -2.18. The van der Waals surface area contributed by atoms with Gasteiger partial charge in [-0.25, -0.2) is 0 Å². The number of allylic oxidation sites excluding steroid dienone is 7. The minimum Gasteiger partial charge on any atom is -0.466 e. The quantitative estimate of drug-likeness (QED) is 0.0320. The largest absolute Gasteiger partial charge is 0.466 e. The van der Waals surface area contributed by atoms with Gasteiger partial charge in [-0.3, -0.25) is 9.59 Å². The first kappa shape index (κ1) is 73.8. The highest BCUT2D eigenvalue weighted by Crippen LogP contribution is 2.18. The molecule has 0 rings (SSSR count). The molecule has 6 nitrogen and oxygen atoms in total. The summed E-state index contributed by atoms with van der Waals surface area (Å²) in [6.07, 6.45) is 84.8. The predicted octanol–water partition coefficient (Wildman–Crippen LogP) is 21.7. The third-order valence-electron chi connectivity index (χ3n) is 15.6. The molecule has 446 valence electrons. The molecule has 3 N–H and O–H groups in total. The van der Waals surface area contributed by atoms with Gasteiger partial charge in [-0.05, 0) is 83.5 Å². The summed E-state index contributed by atoms with van der Waals surface area (Å²) in [5.74, 6) is -0.0598. The molecule has 0 aliphatic rings. The molecule has 0 saturated heterocycles. The molecule has 2 unspecified atom stereocenters. The molecule has 0 heterocycles. The summed E-state index contributed by atoms with van der Waals surface area (Å²) in [6, 6.07) is -0.626. The van der Waals surface area contributed by atoms with E-state index in [2.05, 4.69) is 55.6 Å². The van der Waals surface area contributed by atoms with Gasteiger partial charge in [0.1, 0.15) is 0 Å². The van der Waals surface area contributed by atoms with Crippen molar-refractivity contribution in [3.8, 4) is 0 Å². The smallest absolute Gasteiger partial charge is 0.305 e. The van der Waals surface area contributed by atoms with E-state index in [1.165, 1.54) is 283 Å². The number of nitrogens with one attached hydrogen (secondary N) is 1. The fourth-order valence-corrected chi connectivity index (χ4v) is 10.4. The SMILES string of the molecule is CCCC/C=C\CCCCCCCC(=O)OCCCCCCCCCCCCC/C=C\C/C=C\CCCCCCCCCCCCCCCCCCCC(=O)NC(CO)C(O)/C=C/CCCCCCCCCCCCC. The van der Waals surface area contributed by atoms with Crippen LogP contribution in [0, 0.1) is 0 Å². The molecule has 0 radical (unpaired) electrons. The molecule has 0 aliphatic heterocycles. The number of rotatable bonds is 63. The maximum absolute atomic E-state index is 12.5. The van der Waals surface area contributed by atoms with Crippen LogP contribution in [-0.4, -0.2) is 47.4 Å². The van der Waals surface area contributed by atoms with Crippen LogP contribution in [0.1, 0.15) is 361 Å². The zero-order valence-corrected chi connectivity index (χ0v) is 51.0. The Kier molecular flexibility index (Phi) is 63.5. The fraction of sp³-hybridized carbons (Fsp3) is 0.857. The van der Waals surface area contributed by atoms with Crippen LogP contribution in [-0.2, 0) is 14.3 Å². The second-order valence-corrected chi connectivity index (χ2v) is 23.1. The standard InChI is InChI=1S/C70H131NO5/c1-3-5-7-9-11-13-15-39-43-46-50-54-58-62-68(73)67(66-72)71-69(74)63-59-55-51-47-44-40-37-35-33-31-29-27-25-23-21-19-17-16-18-20-22-24-26-28-30-32-34-36-38-41-45-49-53-57-61-65-76-70(75)64-60-56-52-48-42-14-12-10-8-6-4-2/h10,12,18,20,24,26,58,62,67-68,72-73H,3-9,11,13-17,19,21-23,25,27-57,59-61,63-66H2,1-2H3,(H,71,74)/b12-10-,20-18-,26-24-,62-58+. The Balaban J connectivity index is 3.38. The van der Waals surface area contributed by atoms with E-state index < -0.39 is 12.1 Å². The van der Waals surface area contributed by atoms with Crippen molar-refractivity contribution in [3.05, 3.63) is 48.6 Å². The van der Waals surface area contributed by atoms with Gasteiger partial charge in [-0.2, -0.15) is 0 Å². The molecule has 2 atom stereocenters. The van der Waals surface area contributed by atoms with E-state index in [0.29, 0.717) is 19.4 Å². The van der Waals surface area contributed by atoms with Crippen molar-refractivity contribution in [2.24, 2.45) is 0 Å². The minimum absolute atomic E-state index is 0.00520. The topological polar surface area (TPSA) is 95.9 Å². The number of hydrogen-bond donors (Lipinski definition) is 3. The van der Waals surface area contributed by atoms with Crippen molar-refractivity contribution in [2.75, 3.05) is 13.2 Å². The lowest BCUT2D eigenvalue weighted by atomic mass is 10.0. The minimum atomic E-state index is -0.842. The monoisotopic (exact) mass is 1070 g/mol. The number of ether oxygens (including phenoxy) is 1. The van der Waals surface area contributed by atoms with Crippen molar-refractivity contribution in [3.63, 3.8) is 0 Å². The molecule has 0 aliphatic carbocycles. The van der Waals surface area contributed by atoms with Gasteiger partial charge in [-0.15, -0.1) is 0 Å². The Morgan fingerprint density at radius 3 is 1.05 bits per heavy atom. The number of aliphatic hydroxyl groups excluding tert-OH is 2. The maximum atomic E-state index is 12.5. The van der Waals surface area contributed by atoms with Gasteiger partial charge in [0.15, 0.2) is 0 Å². The normalized spacial score (nSPS) is 12.8. The maximum Gasteiger partial charge on any atom is 0.305 e. The Labute approximate surface area is 474 Å². The van der Waals surface area contributed by atoms with E-state index >= 15 is 0 Å². The number of carbonyl (C=O) groups is 2. The first-order valence-corrected chi connectivity index (χ1v) is 33.9. The highest BCUT2D eigenvalue weighted by Gasteiger charge is 2.18. The molecule has 1 amide bonds. The predicted molar refractivity (Wildman–Crippen MR) is 333 cm³/mol. The summed E-state index contributed by atoms with van der Waals surface area (Å²) in [6.45, 7) is 4.87. The second kappa shape index (κ2) is 65.3. The molecule has 0 aromatic carbocycles. The van der Waals surface area contributed by atoms with Crippen LogP contribution in [0.4, 0.5) is 0 Å². The van der Waals surface area contributed by atoms with Crippen LogP contribution >= 0.6 is 0 Å². The number of esters is 1. The van der Waals surface area contributed by atoms with Crippen LogP contribution in [0.15, 0.2) is 48.6 Å². The molecule has 0 bridgehead atoms. The van der Waals surface area contributed by atoms with E-state index in [0.717, 1.165) is 51.4 Å². The summed E-state index contributed by atoms with van der Waals surface area (Å²) in [5, 5.41) is 23.1. The first-order valence-electron chi connectivity index (χ1n) is 33.9. The summed E-state index contributed by atoms with van der Waals surface area (Å²) < 4.78 is 5.46. The molecule has 6 heteroatoms.